The van der Waals surface area contributed by atoms with E-state index in [2.05, 4.69) is 15.0 Å². The van der Waals surface area contributed by atoms with Crippen LogP contribution in [0.1, 0.15) is 16.1 Å². The van der Waals surface area contributed by atoms with Gasteiger partial charge >= 0.3 is 0 Å². The van der Waals surface area contributed by atoms with Gasteiger partial charge in [-0.25, -0.2) is 12.8 Å². The molecule has 0 aliphatic rings. The van der Waals surface area contributed by atoms with E-state index in [1.54, 1.807) is 25.1 Å². The van der Waals surface area contributed by atoms with E-state index in [4.69, 9.17) is 11.6 Å². The number of fused-ring (bicyclic) bond motifs is 1. The predicted molar refractivity (Wildman–Crippen MR) is 125 cm³/mol. The van der Waals surface area contributed by atoms with E-state index < -0.39 is 21.7 Å². The van der Waals surface area contributed by atoms with Crippen molar-refractivity contribution >= 4 is 49.8 Å². The van der Waals surface area contributed by atoms with E-state index in [0.29, 0.717) is 21.6 Å². The number of aromatic nitrogens is 1. The highest BCUT2D eigenvalue weighted by Gasteiger charge is 2.19. The van der Waals surface area contributed by atoms with Crippen LogP contribution in [0.5, 0.6) is 5.75 Å². The second-order valence-electron chi connectivity index (χ2n) is 7.21. The third kappa shape index (κ3) is 4.89. The number of phenols is 1. The Hall–Kier alpha value is -3.69. The third-order valence-electron chi connectivity index (χ3n) is 4.82. The normalized spacial score (nSPS) is 11.4. The number of phenolic OH excluding ortho intramolecular Hbond substituents is 1. The van der Waals surface area contributed by atoms with Gasteiger partial charge in [0.15, 0.2) is 0 Å². The molecule has 33 heavy (non-hydrogen) atoms. The molecule has 0 unspecified atom stereocenters. The maximum absolute atomic E-state index is 13.4. The molecular weight excluding hydrogens is 469 g/mol. The molecule has 0 radical (unpaired) electrons. The number of pyridine rings is 1. The molecule has 0 saturated carbocycles. The van der Waals surface area contributed by atoms with Crippen LogP contribution >= 0.6 is 11.6 Å². The summed E-state index contributed by atoms with van der Waals surface area (Å²) in [5.74, 6) is -1.38. The van der Waals surface area contributed by atoms with Crippen LogP contribution in [0.15, 0.2) is 71.6 Å². The predicted octanol–water partition coefficient (Wildman–Crippen LogP) is 5.09. The Morgan fingerprint density at radius 2 is 1.85 bits per heavy atom. The summed E-state index contributed by atoms with van der Waals surface area (Å²) >= 11 is 5.90. The number of amides is 1. The quantitative estimate of drug-likeness (QED) is 0.341. The zero-order valence-electron chi connectivity index (χ0n) is 17.1. The third-order valence-corrected chi connectivity index (χ3v) is 6.43. The largest absolute Gasteiger partial charge is 0.506 e. The van der Waals surface area contributed by atoms with E-state index >= 15 is 0 Å². The number of carbonyl (C=O) groups is 1. The van der Waals surface area contributed by atoms with Gasteiger partial charge in [0.05, 0.1) is 33.0 Å². The second-order valence-corrected chi connectivity index (χ2v) is 9.33. The van der Waals surface area contributed by atoms with Crippen LogP contribution in [0.2, 0.25) is 5.02 Å². The number of aromatic hydroxyl groups is 1. The minimum absolute atomic E-state index is 0.104. The minimum atomic E-state index is -4.03. The lowest BCUT2D eigenvalue weighted by Crippen LogP contribution is -2.16. The molecule has 3 N–H and O–H groups in total. The molecule has 7 nitrogen and oxygen atoms in total. The SMILES string of the molecule is Cc1nc2cc(F)ccc2cc1C(=O)Nc1cc(S(=O)(=O)Nc2cccc(Cl)c2)ccc1O. The van der Waals surface area contributed by atoms with E-state index in [1.807, 2.05) is 0 Å². The van der Waals surface area contributed by atoms with Gasteiger partial charge in [-0.3, -0.25) is 14.5 Å². The van der Waals surface area contributed by atoms with Crippen LogP contribution in [0.25, 0.3) is 10.9 Å². The molecule has 3 aromatic carbocycles. The molecule has 0 fully saturated rings. The van der Waals surface area contributed by atoms with Crippen molar-refractivity contribution in [2.75, 3.05) is 10.0 Å². The number of aryl methyl sites for hydroxylation is 1. The Kier molecular flexibility index (Phi) is 5.92. The molecular formula is C23H17ClFN3O4S. The highest BCUT2D eigenvalue weighted by Crippen LogP contribution is 2.29. The molecule has 1 aromatic heterocycles. The van der Waals surface area contributed by atoms with E-state index in [1.165, 1.54) is 36.4 Å². The van der Waals surface area contributed by atoms with Crippen molar-refractivity contribution in [3.05, 3.63) is 88.8 Å². The first-order valence-corrected chi connectivity index (χ1v) is 11.5. The fourth-order valence-electron chi connectivity index (χ4n) is 3.20. The average Bonchev–Trinajstić information content (AvgIpc) is 2.74. The number of benzene rings is 3. The van der Waals surface area contributed by atoms with Gasteiger partial charge < -0.3 is 10.4 Å². The Labute approximate surface area is 193 Å². The molecule has 0 atom stereocenters. The van der Waals surface area contributed by atoms with Gasteiger partial charge in [0.2, 0.25) is 0 Å². The Morgan fingerprint density at radius 3 is 2.61 bits per heavy atom. The average molecular weight is 486 g/mol. The van der Waals surface area contributed by atoms with E-state index in [-0.39, 0.29) is 27.6 Å². The molecule has 0 saturated heterocycles. The maximum Gasteiger partial charge on any atom is 0.261 e. The Bertz CT molecular complexity index is 1510. The summed E-state index contributed by atoms with van der Waals surface area (Å²) in [5, 5.41) is 13.6. The Morgan fingerprint density at radius 1 is 1.06 bits per heavy atom. The van der Waals surface area contributed by atoms with Crippen LogP contribution in [0, 0.1) is 12.7 Å². The number of sulfonamides is 1. The molecule has 168 valence electrons. The first-order chi connectivity index (χ1) is 15.6. The van der Waals surface area contributed by atoms with Gasteiger partial charge in [-0.2, -0.15) is 0 Å². The number of halogens is 2. The maximum atomic E-state index is 13.4. The van der Waals surface area contributed by atoms with Crippen LogP contribution in [-0.2, 0) is 10.0 Å². The van der Waals surface area contributed by atoms with Gasteiger partial charge in [0.25, 0.3) is 15.9 Å². The van der Waals surface area contributed by atoms with Gasteiger partial charge in [-0.1, -0.05) is 17.7 Å². The fraction of sp³-hybridized carbons (Fsp3) is 0.0435. The number of hydrogen-bond donors (Lipinski definition) is 3. The number of rotatable bonds is 5. The Balaban J connectivity index is 1.63. The van der Waals surface area contributed by atoms with Crippen molar-refractivity contribution in [3.63, 3.8) is 0 Å². The van der Waals surface area contributed by atoms with E-state index in [0.717, 1.165) is 12.1 Å². The highest BCUT2D eigenvalue weighted by atomic mass is 35.5. The van der Waals surface area contributed by atoms with Crippen molar-refractivity contribution < 1.29 is 22.7 Å². The molecule has 0 spiro atoms. The first kappa shape index (κ1) is 22.5. The summed E-state index contributed by atoms with van der Waals surface area (Å²) in [5.41, 5.74) is 1.09. The standard InChI is InChI=1S/C23H17ClFN3O4S/c1-13-19(9-14-5-6-16(25)11-20(14)26-13)23(30)27-21-12-18(7-8-22(21)29)33(31,32)28-17-4-2-3-15(24)10-17/h2-12,28-29H,1H3,(H,27,30). The lowest BCUT2D eigenvalue weighted by molar-refractivity contribution is 0.102. The van der Waals surface area contributed by atoms with E-state index in [9.17, 15) is 22.7 Å². The second kappa shape index (κ2) is 8.68. The molecule has 0 bridgehead atoms. The van der Waals surface area contributed by atoms with Crippen LogP contribution in [0.4, 0.5) is 15.8 Å². The zero-order valence-corrected chi connectivity index (χ0v) is 18.7. The molecule has 0 aliphatic heterocycles. The number of hydrogen-bond acceptors (Lipinski definition) is 5. The molecule has 10 heteroatoms. The smallest absolute Gasteiger partial charge is 0.261 e. The molecule has 1 amide bonds. The molecule has 4 rings (SSSR count). The number of anilines is 2. The summed E-state index contributed by atoms with van der Waals surface area (Å²) in [6, 6.07) is 15.3. The first-order valence-electron chi connectivity index (χ1n) is 9.62. The lowest BCUT2D eigenvalue weighted by Gasteiger charge is -2.13. The summed E-state index contributed by atoms with van der Waals surface area (Å²) in [7, 11) is -4.03. The van der Waals surface area contributed by atoms with Crippen molar-refractivity contribution in [1.82, 2.24) is 4.98 Å². The molecule has 4 aromatic rings. The number of nitrogens with zero attached hydrogens (tertiary/aromatic N) is 1. The van der Waals surface area contributed by atoms with Crippen LogP contribution < -0.4 is 10.0 Å². The fourth-order valence-corrected chi connectivity index (χ4v) is 4.47. The van der Waals surface area contributed by atoms with Gasteiger partial charge in [0.1, 0.15) is 11.6 Å². The summed E-state index contributed by atoms with van der Waals surface area (Å²) < 4.78 is 41.4. The lowest BCUT2D eigenvalue weighted by atomic mass is 10.1. The number of carbonyl (C=O) groups excluding carboxylic acids is 1. The van der Waals surface area contributed by atoms with Gasteiger partial charge in [-0.05, 0) is 61.5 Å². The number of nitrogens with one attached hydrogen (secondary N) is 2. The molecule has 0 aliphatic carbocycles. The van der Waals surface area contributed by atoms with Crippen molar-refractivity contribution in [2.24, 2.45) is 0 Å². The van der Waals surface area contributed by atoms with Crippen molar-refractivity contribution in [3.8, 4) is 5.75 Å². The summed E-state index contributed by atoms with van der Waals surface area (Å²) in [6.45, 7) is 1.59. The van der Waals surface area contributed by atoms with Crippen LogP contribution in [0.3, 0.4) is 0 Å². The van der Waals surface area contributed by atoms with Crippen molar-refractivity contribution in [1.29, 1.82) is 0 Å². The summed E-state index contributed by atoms with van der Waals surface area (Å²) in [4.78, 5) is 16.9. The monoisotopic (exact) mass is 485 g/mol. The minimum Gasteiger partial charge on any atom is -0.506 e. The highest BCUT2D eigenvalue weighted by molar-refractivity contribution is 7.92. The van der Waals surface area contributed by atoms with Crippen LogP contribution in [-0.4, -0.2) is 24.4 Å². The molecule has 1 heterocycles. The summed E-state index contributed by atoms with van der Waals surface area (Å²) in [6.07, 6.45) is 0. The zero-order chi connectivity index (χ0) is 23.8. The van der Waals surface area contributed by atoms with Crippen molar-refractivity contribution in [2.45, 2.75) is 11.8 Å². The van der Waals surface area contributed by atoms with Gasteiger partial charge in [0, 0.05) is 16.5 Å². The topological polar surface area (TPSA) is 108 Å². The van der Waals surface area contributed by atoms with Gasteiger partial charge in [-0.15, -0.1) is 0 Å².